The fourth-order valence-corrected chi connectivity index (χ4v) is 5.60. The number of nitrogens with zero attached hydrogens (tertiary/aromatic N) is 1. The number of nitrogens with one attached hydrogen (secondary N) is 1. The van der Waals surface area contributed by atoms with Crippen LogP contribution in [0.3, 0.4) is 0 Å². The van der Waals surface area contributed by atoms with Gasteiger partial charge in [-0.25, -0.2) is 13.2 Å². The number of thiophene rings is 1. The number of carbonyl (C=O) groups is 2. The molecule has 1 heterocycles. The summed E-state index contributed by atoms with van der Waals surface area (Å²) in [6.07, 6.45) is 1.81. The first-order chi connectivity index (χ1) is 16.1. The lowest BCUT2D eigenvalue weighted by molar-refractivity contribution is -0.117. The molecule has 7 nitrogen and oxygen atoms in total. The van der Waals surface area contributed by atoms with Crippen LogP contribution in [0.1, 0.15) is 39.2 Å². The van der Waals surface area contributed by atoms with Gasteiger partial charge in [0.2, 0.25) is 5.91 Å². The highest BCUT2D eigenvalue weighted by Gasteiger charge is 2.30. The van der Waals surface area contributed by atoms with Crippen LogP contribution in [0, 0.1) is 26.7 Å². The lowest BCUT2D eigenvalue weighted by Crippen LogP contribution is -2.26. The number of carbonyl (C=O) groups excluding carboxylic acids is 2. The van der Waals surface area contributed by atoms with Gasteiger partial charge in [-0.2, -0.15) is 0 Å². The number of hydrogen-bond donors (Lipinski definition) is 1. The summed E-state index contributed by atoms with van der Waals surface area (Å²) in [6, 6.07) is 13.1. The molecule has 1 N–H and O–H groups in total. The molecule has 1 fully saturated rings. The maximum Gasteiger partial charge on any atom is 0.354 e. The molecule has 3 aromatic rings. The van der Waals surface area contributed by atoms with Gasteiger partial charge in [-0.15, -0.1) is 11.3 Å². The standard InChI is InChI=1S/C25H26N2O5S2/c1-15-5-12-21(13-16(15)2)34(30,31)27(4)19-8-10-20(11-9-19)32-25(29)23-17(3)14-22(33-23)26-24(28)18-6-7-18/h5,8-14,18H,6-7H2,1-4H3,(H,26,28). The van der Waals surface area contributed by atoms with Gasteiger partial charge in [-0.05, 0) is 92.8 Å². The highest BCUT2D eigenvalue weighted by atomic mass is 32.2. The Morgan fingerprint density at radius 3 is 2.26 bits per heavy atom. The summed E-state index contributed by atoms with van der Waals surface area (Å²) in [5.74, 6) is -0.176. The van der Waals surface area contributed by atoms with Crippen LogP contribution < -0.4 is 14.4 Å². The van der Waals surface area contributed by atoms with Crippen molar-refractivity contribution in [2.24, 2.45) is 5.92 Å². The third-order valence-corrected chi connectivity index (χ3v) is 8.76. The van der Waals surface area contributed by atoms with Crippen LogP contribution >= 0.6 is 11.3 Å². The van der Waals surface area contributed by atoms with Crippen molar-refractivity contribution >= 4 is 43.9 Å². The largest absolute Gasteiger partial charge is 0.422 e. The Morgan fingerprint density at radius 1 is 0.971 bits per heavy atom. The summed E-state index contributed by atoms with van der Waals surface area (Å²) in [5.41, 5.74) is 3.08. The topological polar surface area (TPSA) is 92.8 Å². The van der Waals surface area contributed by atoms with E-state index in [-0.39, 0.29) is 16.7 Å². The molecule has 0 unspecified atom stereocenters. The highest BCUT2D eigenvalue weighted by Crippen LogP contribution is 2.33. The van der Waals surface area contributed by atoms with Crippen LogP contribution in [0.5, 0.6) is 5.75 Å². The van der Waals surface area contributed by atoms with E-state index in [1.54, 1.807) is 55.5 Å². The maximum absolute atomic E-state index is 13.0. The predicted octanol–water partition coefficient (Wildman–Crippen LogP) is 5.07. The molecule has 1 aliphatic rings. The third-order valence-electron chi connectivity index (χ3n) is 5.85. The molecule has 0 saturated heterocycles. The molecule has 178 valence electrons. The van der Waals surface area contributed by atoms with E-state index < -0.39 is 16.0 Å². The van der Waals surface area contributed by atoms with E-state index in [0.29, 0.717) is 21.3 Å². The number of anilines is 2. The fourth-order valence-electron chi connectivity index (χ4n) is 3.36. The highest BCUT2D eigenvalue weighted by molar-refractivity contribution is 7.92. The quantitative estimate of drug-likeness (QED) is 0.363. The lowest BCUT2D eigenvalue weighted by Gasteiger charge is -2.20. The van der Waals surface area contributed by atoms with Crippen molar-refractivity contribution in [1.82, 2.24) is 0 Å². The first-order valence-corrected chi connectivity index (χ1v) is 13.1. The SMILES string of the molecule is Cc1ccc(S(=O)(=O)N(C)c2ccc(OC(=O)c3sc(NC(=O)C4CC4)cc3C)cc2)cc1C. The molecule has 1 aliphatic carbocycles. The van der Waals surface area contributed by atoms with E-state index in [2.05, 4.69) is 5.32 Å². The monoisotopic (exact) mass is 498 g/mol. The average Bonchev–Trinajstić information content (AvgIpc) is 3.58. The van der Waals surface area contributed by atoms with E-state index in [9.17, 15) is 18.0 Å². The Morgan fingerprint density at radius 2 is 1.65 bits per heavy atom. The van der Waals surface area contributed by atoms with E-state index in [1.165, 1.54) is 22.7 Å². The number of esters is 1. The molecule has 2 aromatic carbocycles. The van der Waals surface area contributed by atoms with Crippen molar-refractivity contribution in [2.45, 2.75) is 38.5 Å². The fraction of sp³-hybridized carbons (Fsp3) is 0.280. The molecular weight excluding hydrogens is 472 g/mol. The van der Waals surface area contributed by atoms with Crippen LogP contribution in [-0.2, 0) is 14.8 Å². The molecule has 0 aliphatic heterocycles. The van der Waals surface area contributed by atoms with Crippen LogP contribution in [-0.4, -0.2) is 27.3 Å². The summed E-state index contributed by atoms with van der Waals surface area (Å²) >= 11 is 1.18. The molecule has 9 heteroatoms. The zero-order valence-electron chi connectivity index (χ0n) is 19.4. The van der Waals surface area contributed by atoms with Crippen LogP contribution in [0.15, 0.2) is 53.4 Å². The summed E-state index contributed by atoms with van der Waals surface area (Å²) in [4.78, 5) is 25.3. The molecule has 0 atom stereocenters. The van der Waals surface area contributed by atoms with Crippen LogP contribution in [0.25, 0.3) is 0 Å². The van der Waals surface area contributed by atoms with Crippen molar-refractivity contribution in [3.63, 3.8) is 0 Å². The van der Waals surface area contributed by atoms with Gasteiger partial charge in [0.1, 0.15) is 10.6 Å². The van der Waals surface area contributed by atoms with Gasteiger partial charge < -0.3 is 10.1 Å². The van der Waals surface area contributed by atoms with Gasteiger partial charge in [0.15, 0.2) is 0 Å². The second-order valence-electron chi connectivity index (χ2n) is 8.49. The average molecular weight is 499 g/mol. The molecule has 0 spiro atoms. The summed E-state index contributed by atoms with van der Waals surface area (Å²) < 4.78 is 32.7. The number of ether oxygens (including phenoxy) is 1. The predicted molar refractivity (Wildman–Crippen MR) is 133 cm³/mol. The van der Waals surface area contributed by atoms with E-state index in [4.69, 9.17) is 4.74 Å². The Kier molecular flexibility index (Phi) is 6.51. The first kappa shape index (κ1) is 24.0. The lowest BCUT2D eigenvalue weighted by atomic mass is 10.1. The number of sulfonamides is 1. The number of aryl methyl sites for hydroxylation is 3. The van der Waals surface area contributed by atoms with Gasteiger partial charge >= 0.3 is 5.97 Å². The zero-order valence-corrected chi connectivity index (χ0v) is 21.0. The van der Waals surface area contributed by atoms with Gasteiger partial charge in [0, 0.05) is 13.0 Å². The van der Waals surface area contributed by atoms with E-state index >= 15 is 0 Å². The normalized spacial score (nSPS) is 13.4. The Balaban J connectivity index is 1.45. The first-order valence-electron chi connectivity index (χ1n) is 10.9. The van der Waals surface area contributed by atoms with E-state index in [0.717, 1.165) is 29.5 Å². The van der Waals surface area contributed by atoms with Gasteiger partial charge in [0.25, 0.3) is 10.0 Å². The van der Waals surface area contributed by atoms with Crippen molar-refractivity contribution in [2.75, 3.05) is 16.7 Å². The molecule has 0 bridgehead atoms. The summed E-state index contributed by atoms with van der Waals surface area (Å²) in [7, 11) is -2.25. The van der Waals surface area contributed by atoms with Crippen molar-refractivity contribution in [3.8, 4) is 5.75 Å². The van der Waals surface area contributed by atoms with Gasteiger partial charge in [-0.3, -0.25) is 9.10 Å². The van der Waals surface area contributed by atoms with Crippen LogP contribution in [0.4, 0.5) is 10.7 Å². The zero-order chi connectivity index (χ0) is 24.6. The number of amides is 1. The van der Waals surface area contributed by atoms with Gasteiger partial charge in [0.05, 0.1) is 15.6 Å². The smallest absolute Gasteiger partial charge is 0.354 e. The van der Waals surface area contributed by atoms with Crippen molar-refractivity contribution < 1.29 is 22.7 Å². The molecule has 1 aromatic heterocycles. The Hall–Kier alpha value is -3.17. The molecular formula is C25H26N2O5S2. The van der Waals surface area contributed by atoms with Crippen LogP contribution in [0.2, 0.25) is 0 Å². The summed E-state index contributed by atoms with van der Waals surface area (Å²) in [5, 5.41) is 3.47. The van der Waals surface area contributed by atoms with Crippen molar-refractivity contribution in [3.05, 3.63) is 70.1 Å². The van der Waals surface area contributed by atoms with Gasteiger partial charge in [-0.1, -0.05) is 6.07 Å². The number of hydrogen-bond acceptors (Lipinski definition) is 6. The minimum absolute atomic E-state index is 0.0170. The minimum atomic E-state index is -3.73. The number of benzene rings is 2. The van der Waals surface area contributed by atoms with Crippen molar-refractivity contribution in [1.29, 1.82) is 0 Å². The second-order valence-corrected chi connectivity index (χ2v) is 11.5. The Labute approximate surface area is 203 Å². The second kappa shape index (κ2) is 9.23. The molecule has 1 amide bonds. The minimum Gasteiger partial charge on any atom is -0.422 e. The molecule has 0 radical (unpaired) electrons. The maximum atomic E-state index is 13.0. The Bertz CT molecular complexity index is 1360. The third kappa shape index (κ3) is 5.00. The molecule has 4 rings (SSSR count). The number of rotatable bonds is 7. The van der Waals surface area contributed by atoms with E-state index in [1.807, 2.05) is 13.8 Å². The molecule has 34 heavy (non-hydrogen) atoms. The molecule has 1 saturated carbocycles. The summed E-state index contributed by atoms with van der Waals surface area (Å²) in [6.45, 7) is 5.59.